The molecule has 1 saturated heterocycles. The molecule has 7 heteroatoms. The summed E-state index contributed by atoms with van der Waals surface area (Å²) in [6.07, 6.45) is 3.94. The SMILES string of the molecule is CCSc1ccc(C2=C(c3ccc(OC4CCN(CCCF)C4)cc3)c3ccc(N)cc3CCC2)c(F)c1O. The van der Waals surface area contributed by atoms with Crippen LogP contribution in [0.25, 0.3) is 11.1 Å². The predicted octanol–water partition coefficient (Wildman–Crippen LogP) is 7.33. The number of phenolic OH excluding ortho intramolecular Hbond substituents is 1. The average Bonchev–Trinajstić information content (AvgIpc) is 3.30. The molecular weight excluding hydrogens is 514 g/mol. The molecule has 3 aromatic rings. The van der Waals surface area contributed by atoms with Crippen LogP contribution in [-0.4, -0.2) is 48.2 Å². The summed E-state index contributed by atoms with van der Waals surface area (Å²) in [5, 5.41) is 10.7. The molecule has 1 atom stereocenters. The lowest BCUT2D eigenvalue weighted by Crippen LogP contribution is -2.26. The molecule has 39 heavy (non-hydrogen) atoms. The minimum atomic E-state index is -0.571. The Labute approximate surface area is 233 Å². The number of rotatable bonds is 9. The second-order valence-electron chi connectivity index (χ2n) is 10.2. The molecule has 0 aromatic heterocycles. The van der Waals surface area contributed by atoms with E-state index in [4.69, 9.17) is 10.5 Å². The second kappa shape index (κ2) is 12.4. The average molecular weight is 551 g/mol. The number of fused-ring (bicyclic) bond motifs is 1. The van der Waals surface area contributed by atoms with E-state index in [2.05, 4.69) is 4.90 Å². The number of allylic oxidation sites excluding steroid dienone is 1. The molecule has 1 fully saturated rings. The van der Waals surface area contributed by atoms with Crippen molar-refractivity contribution in [2.24, 2.45) is 0 Å². The summed E-state index contributed by atoms with van der Waals surface area (Å²) >= 11 is 1.43. The lowest BCUT2D eigenvalue weighted by Gasteiger charge is -2.19. The number of halogens is 2. The van der Waals surface area contributed by atoms with Gasteiger partial charge in [-0.2, -0.15) is 0 Å². The number of ether oxygens (including phenoxy) is 1. The molecule has 1 unspecified atom stereocenters. The van der Waals surface area contributed by atoms with Gasteiger partial charge in [0.1, 0.15) is 11.9 Å². The van der Waals surface area contributed by atoms with Crippen LogP contribution < -0.4 is 10.5 Å². The number of hydrogen-bond donors (Lipinski definition) is 2. The Balaban J connectivity index is 1.51. The quantitative estimate of drug-likeness (QED) is 0.216. The number of benzene rings is 3. The monoisotopic (exact) mass is 550 g/mol. The number of alkyl halides is 1. The number of thioether (sulfide) groups is 1. The maximum absolute atomic E-state index is 15.7. The topological polar surface area (TPSA) is 58.7 Å². The first-order valence-corrected chi connectivity index (χ1v) is 14.8. The second-order valence-corrected chi connectivity index (χ2v) is 11.5. The van der Waals surface area contributed by atoms with Gasteiger partial charge in [0, 0.05) is 30.9 Å². The van der Waals surface area contributed by atoms with Crippen molar-refractivity contribution in [1.82, 2.24) is 4.90 Å². The van der Waals surface area contributed by atoms with Gasteiger partial charge in [0.05, 0.1) is 11.6 Å². The van der Waals surface area contributed by atoms with Crippen molar-refractivity contribution in [2.75, 3.05) is 37.8 Å². The summed E-state index contributed by atoms with van der Waals surface area (Å²) in [6, 6.07) is 17.6. The number of aromatic hydroxyl groups is 1. The van der Waals surface area contributed by atoms with Crippen LogP contribution in [0.3, 0.4) is 0 Å². The number of nitrogen functional groups attached to an aromatic ring is 1. The van der Waals surface area contributed by atoms with E-state index < -0.39 is 5.82 Å². The molecule has 206 valence electrons. The molecular formula is C32H36F2N2O2S. The van der Waals surface area contributed by atoms with Crippen LogP contribution in [-0.2, 0) is 6.42 Å². The lowest BCUT2D eigenvalue weighted by atomic mass is 9.87. The maximum Gasteiger partial charge on any atom is 0.173 e. The van der Waals surface area contributed by atoms with E-state index in [1.165, 1.54) is 11.8 Å². The first-order chi connectivity index (χ1) is 19.0. The summed E-state index contributed by atoms with van der Waals surface area (Å²) in [5.41, 5.74) is 12.3. The van der Waals surface area contributed by atoms with Crippen molar-refractivity contribution in [3.05, 3.63) is 82.7 Å². The molecule has 2 aliphatic rings. The zero-order valence-corrected chi connectivity index (χ0v) is 23.2. The Kier molecular flexibility index (Phi) is 8.78. The summed E-state index contributed by atoms with van der Waals surface area (Å²) in [7, 11) is 0. The summed E-state index contributed by atoms with van der Waals surface area (Å²) < 4.78 is 34.5. The fourth-order valence-electron chi connectivity index (χ4n) is 5.73. The van der Waals surface area contributed by atoms with Gasteiger partial charge in [-0.15, -0.1) is 11.8 Å². The van der Waals surface area contributed by atoms with Gasteiger partial charge < -0.3 is 15.6 Å². The van der Waals surface area contributed by atoms with Crippen LogP contribution in [0, 0.1) is 5.82 Å². The van der Waals surface area contributed by atoms with Crippen molar-refractivity contribution in [2.45, 2.75) is 50.0 Å². The lowest BCUT2D eigenvalue weighted by molar-refractivity contribution is 0.198. The molecule has 3 aromatic carbocycles. The molecule has 0 amide bonds. The van der Waals surface area contributed by atoms with Crippen LogP contribution in [0.1, 0.15) is 54.9 Å². The first kappa shape index (κ1) is 27.5. The van der Waals surface area contributed by atoms with Crippen molar-refractivity contribution >= 4 is 28.6 Å². The Hall–Kier alpha value is -3.03. The van der Waals surface area contributed by atoms with Crippen LogP contribution in [0.2, 0.25) is 0 Å². The zero-order valence-electron chi connectivity index (χ0n) is 22.4. The third kappa shape index (κ3) is 6.10. The molecule has 1 aliphatic carbocycles. The Morgan fingerprint density at radius 1 is 1.08 bits per heavy atom. The zero-order chi connectivity index (χ0) is 27.4. The standard InChI is InChI=1S/C32H36F2N2O2S/c1-2-39-29-14-13-28(31(34)32(29)37)27-6-3-5-22-19-23(35)9-12-26(22)30(27)21-7-10-24(11-8-21)38-25-15-18-36(20-25)17-4-16-33/h7-14,19,25,37H,2-6,15-18,20,35H2,1H3. The predicted molar refractivity (Wildman–Crippen MR) is 157 cm³/mol. The van der Waals surface area contributed by atoms with E-state index in [9.17, 15) is 9.50 Å². The van der Waals surface area contributed by atoms with E-state index in [0.29, 0.717) is 29.0 Å². The molecule has 0 saturated carbocycles. The number of aryl methyl sites for hydroxylation is 1. The highest BCUT2D eigenvalue weighted by Crippen LogP contribution is 2.44. The highest BCUT2D eigenvalue weighted by Gasteiger charge is 2.26. The van der Waals surface area contributed by atoms with Gasteiger partial charge in [0.2, 0.25) is 0 Å². The van der Waals surface area contributed by atoms with Crippen molar-refractivity contribution in [3.63, 3.8) is 0 Å². The Morgan fingerprint density at radius 3 is 2.64 bits per heavy atom. The number of phenols is 1. The molecule has 0 spiro atoms. The van der Waals surface area contributed by atoms with E-state index >= 15 is 4.39 Å². The Bertz CT molecular complexity index is 1340. The molecule has 3 N–H and O–H groups in total. The van der Waals surface area contributed by atoms with Gasteiger partial charge in [-0.1, -0.05) is 31.2 Å². The third-order valence-corrected chi connectivity index (χ3v) is 8.49. The fraction of sp³-hybridized carbons (Fsp3) is 0.375. The van der Waals surface area contributed by atoms with Gasteiger partial charge in [0.15, 0.2) is 11.6 Å². The normalized spacial score (nSPS) is 17.8. The van der Waals surface area contributed by atoms with E-state index in [0.717, 1.165) is 78.2 Å². The number of nitrogens with two attached hydrogens (primary N) is 1. The summed E-state index contributed by atoms with van der Waals surface area (Å²) in [4.78, 5) is 2.80. The van der Waals surface area contributed by atoms with Crippen molar-refractivity contribution in [1.29, 1.82) is 0 Å². The third-order valence-electron chi connectivity index (χ3n) is 7.56. The largest absolute Gasteiger partial charge is 0.504 e. The van der Waals surface area contributed by atoms with Crippen molar-refractivity contribution < 1.29 is 18.6 Å². The van der Waals surface area contributed by atoms with E-state index in [-0.39, 0.29) is 18.5 Å². The maximum atomic E-state index is 15.7. The van der Waals surface area contributed by atoms with E-state index in [1.807, 2.05) is 55.5 Å². The number of nitrogens with zero attached hydrogens (tertiary/aromatic N) is 1. The van der Waals surface area contributed by atoms with Crippen LogP contribution in [0.4, 0.5) is 14.5 Å². The number of likely N-dealkylation sites (tertiary alicyclic amines) is 1. The van der Waals surface area contributed by atoms with Gasteiger partial charge in [-0.3, -0.25) is 9.29 Å². The molecule has 0 radical (unpaired) electrons. The van der Waals surface area contributed by atoms with Crippen LogP contribution in [0.15, 0.2) is 59.5 Å². The summed E-state index contributed by atoms with van der Waals surface area (Å²) in [6.45, 7) is 4.18. The number of anilines is 1. The van der Waals surface area contributed by atoms with Gasteiger partial charge >= 0.3 is 0 Å². The van der Waals surface area contributed by atoms with Gasteiger partial charge in [0.25, 0.3) is 0 Å². The first-order valence-electron chi connectivity index (χ1n) is 13.8. The minimum Gasteiger partial charge on any atom is -0.504 e. The van der Waals surface area contributed by atoms with Crippen LogP contribution >= 0.6 is 11.8 Å². The fourth-order valence-corrected chi connectivity index (χ4v) is 6.43. The van der Waals surface area contributed by atoms with Gasteiger partial charge in [-0.05, 0) is 96.0 Å². The molecule has 0 bridgehead atoms. The number of hydrogen-bond acceptors (Lipinski definition) is 5. The van der Waals surface area contributed by atoms with Crippen LogP contribution in [0.5, 0.6) is 11.5 Å². The minimum absolute atomic E-state index is 0.0865. The molecule has 4 nitrogen and oxygen atoms in total. The van der Waals surface area contributed by atoms with E-state index in [1.54, 1.807) is 6.07 Å². The van der Waals surface area contributed by atoms with Crippen molar-refractivity contribution in [3.8, 4) is 11.5 Å². The molecule has 1 heterocycles. The highest BCUT2D eigenvalue weighted by atomic mass is 32.2. The Morgan fingerprint density at radius 2 is 1.87 bits per heavy atom. The highest BCUT2D eigenvalue weighted by molar-refractivity contribution is 7.99. The summed E-state index contributed by atoms with van der Waals surface area (Å²) in [5.74, 6) is 0.682. The van der Waals surface area contributed by atoms with Gasteiger partial charge in [-0.25, -0.2) is 4.39 Å². The molecule has 1 aliphatic heterocycles. The molecule has 5 rings (SSSR count). The smallest absolute Gasteiger partial charge is 0.173 e.